The number of rotatable bonds is 5. The van der Waals surface area contributed by atoms with Crippen molar-refractivity contribution in [2.75, 3.05) is 19.7 Å². The first-order valence-electron chi connectivity index (χ1n) is 8.69. The van der Waals surface area contributed by atoms with Crippen molar-refractivity contribution in [1.82, 2.24) is 4.90 Å². The van der Waals surface area contributed by atoms with Crippen molar-refractivity contribution in [1.29, 1.82) is 0 Å². The van der Waals surface area contributed by atoms with Crippen LogP contribution in [0.5, 0.6) is 5.75 Å². The summed E-state index contributed by atoms with van der Waals surface area (Å²) in [5, 5.41) is 8.98. The number of carboxylic acids is 1. The zero-order valence-electron chi connectivity index (χ0n) is 15.2. The maximum atomic E-state index is 12.0. The first kappa shape index (κ1) is 19.1. The Morgan fingerprint density at radius 2 is 1.92 bits per heavy atom. The molecule has 6 nitrogen and oxygen atoms in total. The van der Waals surface area contributed by atoms with Crippen LogP contribution in [0.1, 0.15) is 50.4 Å². The van der Waals surface area contributed by atoms with E-state index in [2.05, 4.69) is 0 Å². The highest BCUT2D eigenvalue weighted by Crippen LogP contribution is 2.23. The summed E-state index contributed by atoms with van der Waals surface area (Å²) in [7, 11) is 0. The van der Waals surface area contributed by atoms with Crippen LogP contribution in [0, 0.1) is 5.92 Å². The number of ether oxygens (including phenoxy) is 2. The average Bonchev–Trinajstić information content (AvgIpc) is 2.54. The van der Waals surface area contributed by atoms with Gasteiger partial charge in [0.25, 0.3) is 0 Å². The lowest BCUT2D eigenvalue weighted by Gasteiger charge is -2.33. The van der Waals surface area contributed by atoms with Crippen LogP contribution in [0.25, 0.3) is 0 Å². The quantitative estimate of drug-likeness (QED) is 0.875. The molecule has 1 heterocycles. The van der Waals surface area contributed by atoms with Crippen LogP contribution in [-0.2, 0) is 4.74 Å². The summed E-state index contributed by atoms with van der Waals surface area (Å²) in [6, 6.07) is 6.52. The van der Waals surface area contributed by atoms with Crippen LogP contribution in [0.4, 0.5) is 4.79 Å². The monoisotopic (exact) mass is 349 g/mol. The van der Waals surface area contributed by atoms with E-state index >= 15 is 0 Å². The van der Waals surface area contributed by atoms with Crippen LogP contribution >= 0.6 is 0 Å². The number of carbonyl (C=O) groups excluding carboxylic acids is 1. The van der Waals surface area contributed by atoms with Crippen molar-refractivity contribution in [3.8, 4) is 5.75 Å². The molecule has 0 aromatic heterocycles. The predicted molar refractivity (Wildman–Crippen MR) is 94.0 cm³/mol. The average molecular weight is 349 g/mol. The minimum absolute atomic E-state index is 0.225. The van der Waals surface area contributed by atoms with E-state index in [0.29, 0.717) is 31.4 Å². The number of likely N-dealkylation sites (tertiary alicyclic amines) is 1. The molecule has 1 aliphatic heterocycles. The fourth-order valence-electron chi connectivity index (χ4n) is 2.79. The second-order valence-corrected chi connectivity index (χ2v) is 7.38. The van der Waals surface area contributed by atoms with Crippen LogP contribution in [0.15, 0.2) is 24.3 Å². The molecule has 1 aromatic rings. The largest absolute Gasteiger partial charge is 0.494 e. The zero-order valence-corrected chi connectivity index (χ0v) is 15.2. The first-order valence-corrected chi connectivity index (χ1v) is 8.69. The van der Waals surface area contributed by atoms with Crippen LogP contribution in [0.3, 0.4) is 0 Å². The molecule has 0 spiro atoms. The summed E-state index contributed by atoms with van der Waals surface area (Å²) in [6.07, 6.45) is 2.50. The van der Waals surface area contributed by atoms with Gasteiger partial charge in [0.05, 0.1) is 12.2 Å². The molecule has 0 saturated carbocycles. The van der Waals surface area contributed by atoms with Gasteiger partial charge in [-0.1, -0.05) is 6.07 Å². The fraction of sp³-hybridized carbons (Fsp3) is 0.579. The van der Waals surface area contributed by atoms with E-state index < -0.39 is 11.6 Å². The Balaban J connectivity index is 1.71. The van der Waals surface area contributed by atoms with Crippen LogP contribution in [0.2, 0.25) is 0 Å². The maximum absolute atomic E-state index is 12.0. The topological polar surface area (TPSA) is 76.1 Å². The Hall–Kier alpha value is -2.24. The van der Waals surface area contributed by atoms with E-state index in [9.17, 15) is 9.59 Å². The second-order valence-electron chi connectivity index (χ2n) is 7.38. The normalized spacial score (nSPS) is 15.7. The minimum Gasteiger partial charge on any atom is -0.494 e. The fourth-order valence-corrected chi connectivity index (χ4v) is 2.79. The Kier molecular flexibility index (Phi) is 6.28. The van der Waals surface area contributed by atoms with Gasteiger partial charge in [-0.25, -0.2) is 9.59 Å². The van der Waals surface area contributed by atoms with E-state index in [4.69, 9.17) is 14.6 Å². The summed E-state index contributed by atoms with van der Waals surface area (Å²) >= 11 is 0. The number of nitrogens with zero attached hydrogens (tertiary/aromatic N) is 1. The molecule has 1 amide bonds. The molecule has 1 N–H and O–H groups in total. The highest BCUT2D eigenvalue weighted by atomic mass is 16.6. The number of piperidine rings is 1. The summed E-state index contributed by atoms with van der Waals surface area (Å²) in [5.41, 5.74) is -0.241. The van der Waals surface area contributed by atoms with Crippen molar-refractivity contribution in [3.05, 3.63) is 29.8 Å². The third-order valence-corrected chi connectivity index (χ3v) is 4.14. The molecule has 138 valence electrons. The van der Waals surface area contributed by atoms with Crippen LogP contribution in [-0.4, -0.2) is 47.4 Å². The standard InChI is InChI=1S/C19H27NO5/c1-19(2,3)25-18(23)20-10-7-14(8-11-20)9-12-24-16-6-4-5-15(13-16)17(21)22/h4-6,13-14H,7-12H2,1-3H3,(H,21,22). The molecule has 1 saturated heterocycles. The van der Waals surface area contributed by atoms with Crippen molar-refractivity contribution in [2.24, 2.45) is 5.92 Å². The highest BCUT2D eigenvalue weighted by Gasteiger charge is 2.26. The Morgan fingerprint density at radius 3 is 2.52 bits per heavy atom. The number of amides is 1. The number of hydrogen-bond acceptors (Lipinski definition) is 4. The molecule has 0 bridgehead atoms. The third kappa shape index (κ3) is 6.29. The maximum Gasteiger partial charge on any atom is 0.410 e. The van der Waals surface area contributed by atoms with Gasteiger partial charge < -0.3 is 19.5 Å². The van der Waals surface area contributed by atoms with Gasteiger partial charge in [0.2, 0.25) is 0 Å². The van der Waals surface area contributed by atoms with Gasteiger partial charge in [0, 0.05) is 13.1 Å². The van der Waals surface area contributed by atoms with Crippen molar-refractivity contribution < 1.29 is 24.2 Å². The van der Waals surface area contributed by atoms with E-state index in [-0.39, 0.29) is 11.7 Å². The Morgan fingerprint density at radius 1 is 1.24 bits per heavy atom. The van der Waals surface area contributed by atoms with Crippen molar-refractivity contribution in [3.63, 3.8) is 0 Å². The van der Waals surface area contributed by atoms with E-state index in [1.165, 1.54) is 6.07 Å². The van der Waals surface area contributed by atoms with Gasteiger partial charge in [-0.3, -0.25) is 0 Å². The first-order chi connectivity index (χ1) is 11.7. The number of carboxylic acid groups (broad SMARTS) is 1. The Bertz CT molecular complexity index is 600. The Labute approximate surface area is 148 Å². The summed E-state index contributed by atoms with van der Waals surface area (Å²) in [6.45, 7) is 7.55. The van der Waals surface area contributed by atoms with Crippen LogP contribution < -0.4 is 4.74 Å². The molecule has 0 aliphatic carbocycles. The van der Waals surface area contributed by atoms with Gasteiger partial charge in [-0.05, 0) is 64.2 Å². The predicted octanol–water partition coefficient (Wildman–Crippen LogP) is 3.80. The van der Waals surface area contributed by atoms with Gasteiger partial charge in [0.15, 0.2) is 0 Å². The smallest absolute Gasteiger partial charge is 0.410 e. The molecule has 1 aliphatic rings. The molecule has 1 aromatic carbocycles. The molecular weight excluding hydrogens is 322 g/mol. The van der Waals surface area contributed by atoms with Gasteiger partial charge in [0.1, 0.15) is 11.4 Å². The number of benzene rings is 1. The third-order valence-electron chi connectivity index (χ3n) is 4.14. The van der Waals surface area contributed by atoms with Crippen molar-refractivity contribution in [2.45, 2.75) is 45.6 Å². The zero-order chi connectivity index (χ0) is 18.4. The molecule has 0 unspecified atom stereocenters. The van der Waals surface area contributed by atoms with Gasteiger partial charge in [-0.15, -0.1) is 0 Å². The van der Waals surface area contributed by atoms with E-state index in [1.807, 2.05) is 20.8 Å². The van der Waals surface area contributed by atoms with Gasteiger partial charge >= 0.3 is 12.1 Å². The molecule has 2 rings (SSSR count). The molecule has 1 fully saturated rings. The number of hydrogen-bond donors (Lipinski definition) is 1. The minimum atomic E-state index is -0.958. The van der Waals surface area contributed by atoms with E-state index in [1.54, 1.807) is 23.1 Å². The number of carbonyl (C=O) groups is 2. The molecule has 0 radical (unpaired) electrons. The lowest BCUT2D eigenvalue weighted by molar-refractivity contribution is 0.0177. The second kappa shape index (κ2) is 8.23. The van der Waals surface area contributed by atoms with Crippen molar-refractivity contribution >= 4 is 12.1 Å². The SMILES string of the molecule is CC(C)(C)OC(=O)N1CCC(CCOc2cccc(C(=O)O)c2)CC1. The summed E-state index contributed by atoms with van der Waals surface area (Å²) in [5.74, 6) is 0.118. The molecule has 0 atom stereocenters. The van der Waals surface area contributed by atoms with Gasteiger partial charge in [-0.2, -0.15) is 0 Å². The summed E-state index contributed by atoms with van der Waals surface area (Å²) in [4.78, 5) is 24.7. The summed E-state index contributed by atoms with van der Waals surface area (Å²) < 4.78 is 11.1. The molecular formula is C19H27NO5. The lowest BCUT2D eigenvalue weighted by Crippen LogP contribution is -2.41. The lowest BCUT2D eigenvalue weighted by atomic mass is 9.94. The molecule has 6 heteroatoms. The molecule has 25 heavy (non-hydrogen) atoms. The number of aromatic carboxylic acids is 1. The highest BCUT2D eigenvalue weighted by molar-refractivity contribution is 5.87. The van der Waals surface area contributed by atoms with E-state index in [0.717, 1.165) is 19.3 Å².